The molecule has 1 aromatic rings. The van der Waals surface area contributed by atoms with Gasteiger partial charge in [-0.1, -0.05) is 18.2 Å². The number of hydrogen-bond donors (Lipinski definition) is 2. The summed E-state index contributed by atoms with van der Waals surface area (Å²) in [6, 6.07) is 9.25. The minimum absolute atomic E-state index is 0.0338. The number of hydrogen-bond acceptors (Lipinski definition) is 4. The van der Waals surface area contributed by atoms with Gasteiger partial charge in [-0.3, -0.25) is 9.59 Å². The molecule has 1 aromatic carbocycles. The molecule has 1 rings (SSSR count). The Morgan fingerprint density at radius 1 is 1.05 bits per heavy atom. The lowest BCUT2D eigenvalue weighted by Crippen LogP contribution is -2.38. The zero-order chi connectivity index (χ0) is 14.6. The van der Waals surface area contributed by atoms with E-state index in [9.17, 15) is 9.59 Å². The van der Waals surface area contributed by atoms with Crippen LogP contribution in [0.4, 0.5) is 0 Å². The van der Waals surface area contributed by atoms with Crippen molar-refractivity contribution in [1.29, 1.82) is 0 Å². The molecular weight excluding hydrogens is 260 g/mol. The van der Waals surface area contributed by atoms with Crippen LogP contribution in [-0.4, -0.2) is 45.2 Å². The van der Waals surface area contributed by atoms with Crippen LogP contribution in [0.1, 0.15) is 6.42 Å². The second-order valence-electron chi connectivity index (χ2n) is 4.03. The predicted octanol–water partition coefficient (Wildman–Crippen LogP) is 0.334. The van der Waals surface area contributed by atoms with Crippen molar-refractivity contribution in [1.82, 2.24) is 10.6 Å². The van der Waals surface area contributed by atoms with Crippen molar-refractivity contribution in [3.05, 3.63) is 30.3 Å². The molecule has 0 unspecified atom stereocenters. The van der Waals surface area contributed by atoms with Crippen molar-refractivity contribution >= 4 is 11.8 Å². The predicted molar refractivity (Wildman–Crippen MR) is 74.4 cm³/mol. The van der Waals surface area contributed by atoms with Gasteiger partial charge >= 0.3 is 0 Å². The average molecular weight is 280 g/mol. The Bertz CT molecular complexity index is 409. The van der Waals surface area contributed by atoms with E-state index >= 15 is 0 Å². The van der Waals surface area contributed by atoms with Crippen molar-refractivity contribution in [3.63, 3.8) is 0 Å². The van der Waals surface area contributed by atoms with Crippen molar-refractivity contribution < 1.29 is 19.1 Å². The summed E-state index contributed by atoms with van der Waals surface area (Å²) in [7, 11) is 1.56. The lowest BCUT2D eigenvalue weighted by atomic mass is 10.3. The fourth-order valence-electron chi connectivity index (χ4n) is 1.40. The van der Waals surface area contributed by atoms with Crippen molar-refractivity contribution in [2.45, 2.75) is 6.42 Å². The molecular formula is C14H20N2O4. The van der Waals surface area contributed by atoms with Gasteiger partial charge in [-0.2, -0.15) is 0 Å². The van der Waals surface area contributed by atoms with Crippen molar-refractivity contribution in [3.8, 4) is 5.75 Å². The summed E-state index contributed by atoms with van der Waals surface area (Å²) in [6.45, 7) is 1.13. The molecule has 0 aliphatic carbocycles. The summed E-state index contributed by atoms with van der Waals surface area (Å²) < 4.78 is 10.2. The van der Waals surface area contributed by atoms with Crippen molar-refractivity contribution in [2.75, 3.05) is 33.4 Å². The van der Waals surface area contributed by atoms with E-state index in [0.29, 0.717) is 13.2 Å². The van der Waals surface area contributed by atoms with Gasteiger partial charge in [-0.25, -0.2) is 0 Å². The molecule has 0 fully saturated rings. The maximum absolute atomic E-state index is 11.5. The number of nitrogens with one attached hydrogen (secondary N) is 2. The molecule has 0 radical (unpaired) electrons. The number of ether oxygens (including phenoxy) is 2. The quantitative estimate of drug-likeness (QED) is 0.639. The van der Waals surface area contributed by atoms with E-state index in [1.54, 1.807) is 7.11 Å². The molecule has 0 atom stereocenters. The van der Waals surface area contributed by atoms with Gasteiger partial charge in [0.1, 0.15) is 5.75 Å². The highest BCUT2D eigenvalue weighted by molar-refractivity contribution is 5.84. The first-order valence-electron chi connectivity index (χ1n) is 6.42. The van der Waals surface area contributed by atoms with Crippen LogP contribution in [0.25, 0.3) is 0 Å². The molecule has 0 bridgehead atoms. The van der Waals surface area contributed by atoms with Crippen LogP contribution in [0, 0.1) is 0 Å². The molecule has 0 aliphatic heterocycles. The van der Waals surface area contributed by atoms with Gasteiger partial charge in [0.15, 0.2) is 0 Å². The molecule has 20 heavy (non-hydrogen) atoms. The number of benzene rings is 1. The Morgan fingerprint density at radius 3 is 2.50 bits per heavy atom. The SMILES string of the molecule is COCCNC(=O)CNC(=O)CCOc1ccccc1. The Hall–Kier alpha value is -2.08. The Balaban J connectivity index is 2.07. The fourth-order valence-corrected chi connectivity index (χ4v) is 1.40. The summed E-state index contributed by atoms with van der Waals surface area (Å²) in [5.74, 6) is 0.264. The third kappa shape index (κ3) is 7.38. The minimum atomic E-state index is -0.237. The number of methoxy groups -OCH3 is 1. The fraction of sp³-hybridized carbons (Fsp3) is 0.429. The van der Waals surface area contributed by atoms with E-state index in [0.717, 1.165) is 5.75 Å². The number of rotatable bonds is 9. The zero-order valence-electron chi connectivity index (χ0n) is 11.6. The van der Waals surface area contributed by atoms with E-state index in [1.807, 2.05) is 30.3 Å². The number of amides is 2. The monoisotopic (exact) mass is 280 g/mol. The van der Waals surface area contributed by atoms with Crippen LogP contribution >= 0.6 is 0 Å². The third-order valence-corrected chi connectivity index (χ3v) is 2.42. The average Bonchev–Trinajstić information content (AvgIpc) is 2.46. The first-order valence-corrected chi connectivity index (χ1v) is 6.42. The largest absolute Gasteiger partial charge is 0.493 e. The van der Waals surface area contributed by atoms with Crippen LogP contribution in [0.5, 0.6) is 5.75 Å². The Kier molecular flexibility index (Phi) is 7.83. The first-order chi connectivity index (χ1) is 9.72. The van der Waals surface area contributed by atoms with E-state index in [4.69, 9.17) is 9.47 Å². The summed E-state index contributed by atoms with van der Waals surface area (Å²) in [5, 5.41) is 5.13. The van der Waals surface area contributed by atoms with E-state index in [2.05, 4.69) is 10.6 Å². The molecule has 6 nitrogen and oxygen atoms in total. The highest BCUT2D eigenvalue weighted by Gasteiger charge is 2.05. The molecule has 0 spiro atoms. The van der Waals surface area contributed by atoms with E-state index < -0.39 is 0 Å². The zero-order valence-corrected chi connectivity index (χ0v) is 11.6. The third-order valence-electron chi connectivity index (χ3n) is 2.42. The second-order valence-corrected chi connectivity index (χ2v) is 4.03. The summed E-state index contributed by atoms with van der Waals surface area (Å²) in [6.07, 6.45) is 0.209. The van der Waals surface area contributed by atoms with E-state index in [-0.39, 0.29) is 31.4 Å². The standard InChI is InChI=1S/C14H20N2O4/c1-19-10-8-15-14(18)11-16-13(17)7-9-20-12-5-3-2-4-6-12/h2-6H,7-11H2,1H3,(H,15,18)(H,16,17). The Morgan fingerprint density at radius 2 is 1.80 bits per heavy atom. The summed E-state index contributed by atoms with van der Waals surface area (Å²) in [4.78, 5) is 22.8. The number of para-hydroxylation sites is 1. The molecule has 2 N–H and O–H groups in total. The Labute approximate surface area is 118 Å². The van der Waals surface area contributed by atoms with E-state index in [1.165, 1.54) is 0 Å². The molecule has 0 aliphatic rings. The second kappa shape index (κ2) is 9.80. The molecule has 0 heterocycles. The summed E-state index contributed by atoms with van der Waals surface area (Å²) in [5.41, 5.74) is 0. The number of carbonyl (C=O) groups excluding carboxylic acids is 2. The molecule has 110 valence electrons. The lowest BCUT2D eigenvalue weighted by Gasteiger charge is -2.07. The van der Waals surface area contributed by atoms with Crippen LogP contribution in [0.2, 0.25) is 0 Å². The number of carbonyl (C=O) groups is 2. The minimum Gasteiger partial charge on any atom is -0.493 e. The van der Waals surface area contributed by atoms with Gasteiger partial charge in [0, 0.05) is 13.7 Å². The van der Waals surface area contributed by atoms with Gasteiger partial charge in [0.2, 0.25) is 11.8 Å². The molecule has 6 heteroatoms. The normalized spacial score (nSPS) is 9.85. The topological polar surface area (TPSA) is 76.7 Å². The van der Waals surface area contributed by atoms with Gasteiger partial charge in [-0.05, 0) is 12.1 Å². The van der Waals surface area contributed by atoms with Crippen LogP contribution in [-0.2, 0) is 14.3 Å². The molecule has 0 saturated heterocycles. The lowest BCUT2D eigenvalue weighted by molar-refractivity contribution is -0.126. The highest BCUT2D eigenvalue weighted by atomic mass is 16.5. The first kappa shape index (κ1) is 16.0. The summed E-state index contributed by atoms with van der Waals surface area (Å²) >= 11 is 0. The molecule has 2 amide bonds. The smallest absolute Gasteiger partial charge is 0.239 e. The molecule has 0 saturated carbocycles. The van der Waals surface area contributed by atoms with Crippen LogP contribution in [0.3, 0.4) is 0 Å². The maximum atomic E-state index is 11.5. The highest BCUT2D eigenvalue weighted by Crippen LogP contribution is 2.08. The van der Waals surface area contributed by atoms with Gasteiger partial charge < -0.3 is 20.1 Å². The maximum Gasteiger partial charge on any atom is 0.239 e. The van der Waals surface area contributed by atoms with Crippen LogP contribution in [0.15, 0.2) is 30.3 Å². The van der Waals surface area contributed by atoms with Crippen LogP contribution < -0.4 is 15.4 Å². The van der Waals surface area contributed by atoms with Gasteiger partial charge in [0.25, 0.3) is 0 Å². The van der Waals surface area contributed by atoms with Crippen molar-refractivity contribution in [2.24, 2.45) is 0 Å². The van der Waals surface area contributed by atoms with Gasteiger partial charge in [0.05, 0.1) is 26.2 Å². The van der Waals surface area contributed by atoms with Gasteiger partial charge in [-0.15, -0.1) is 0 Å². The molecule has 0 aromatic heterocycles.